The Hall–Kier alpha value is -1.56. The van der Waals surface area contributed by atoms with E-state index in [0.717, 1.165) is 52.7 Å². The summed E-state index contributed by atoms with van der Waals surface area (Å²) in [5, 5.41) is 6.50. The Morgan fingerprint density at radius 3 is 2.77 bits per heavy atom. The molecule has 0 spiro atoms. The van der Waals surface area contributed by atoms with E-state index in [9.17, 15) is 4.79 Å². The van der Waals surface area contributed by atoms with Crippen LogP contribution < -0.4 is 15.4 Å². The molecular weight excluding hydrogens is 368 g/mol. The quantitative estimate of drug-likeness (QED) is 0.769. The van der Waals surface area contributed by atoms with E-state index in [1.54, 1.807) is 18.4 Å². The Kier molecular flexibility index (Phi) is 7.94. The fourth-order valence-corrected chi connectivity index (χ4v) is 4.26. The van der Waals surface area contributed by atoms with Crippen LogP contribution in [0.2, 0.25) is 0 Å². The fourth-order valence-electron chi connectivity index (χ4n) is 3.30. The SMILES string of the molecule is COc1ccc(-c2cc(C(=O)NCCC3CCCNC3)sc2C)cc1.Cl. The van der Waals surface area contributed by atoms with Crippen molar-refractivity contribution in [2.75, 3.05) is 26.7 Å². The summed E-state index contributed by atoms with van der Waals surface area (Å²) in [6, 6.07) is 9.96. The lowest BCUT2D eigenvalue weighted by Crippen LogP contribution is -2.33. The second-order valence-corrected chi connectivity index (χ2v) is 7.82. The van der Waals surface area contributed by atoms with Crippen molar-refractivity contribution in [3.8, 4) is 16.9 Å². The lowest BCUT2D eigenvalue weighted by atomic mass is 9.96. The van der Waals surface area contributed by atoms with Gasteiger partial charge < -0.3 is 15.4 Å². The second-order valence-electron chi connectivity index (χ2n) is 6.57. The van der Waals surface area contributed by atoms with Crippen molar-refractivity contribution in [3.63, 3.8) is 0 Å². The molecule has 2 aromatic rings. The van der Waals surface area contributed by atoms with Crippen LogP contribution in [0.15, 0.2) is 30.3 Å². The Bertz CT molecular complexity index is 709. The highest BCUT2D eigenvalue weighted by Gasteiger charge is 2.16. The van der Waals surface area contributed by atoms with Gasteiger partial charge in [-0.25, -0.2) is 0 Å². The van der Waals surface area contributed by atoms with E-state index < -0.39 is 0 Å². The van der Waals surface area contributed by atoms with Crippen molar-refractivity contribution in [2.45, 2.75) is 26.2 Å². The van der Waals surface area contributed by atoms with Gasteiger partial charge in [0.05, 0.1) is 12.0 Å². The minimum Gasteiger partial charge on any atom is -0.497 e. The maximum Gasteiger partial charge on any atom is 0.261 e. The molecule has 26 heavy (non-hydrogen) atoms. The topological polar surface area (TPSA) is 50.4 Å². The molecule has 6 heteroatoms. The van der Waals surface area contributed by atoms with E-state index in [1.165, 1.54) is 12.8 Å². The highest BCUT2D eigenvalue weighted by Crippen LogP contribution is 2.32. The molecule has 0 radical (unpaired) electrons. The van der Waals surface area contributed by atoms with Crippen LogP contribution in [0.25, 0.3) is 11.1 Å². The monoisotopic (exact) mass is 394 g/mol. The number of methoxy groups -OCH3 is 1. The first-order valence-corrected chi connectivity index (χ1v) is 9.73. The van der Waals surface area contributed by atoms with Crippen molar-refractivity contribution in [2.24, 2.45) is 5.92 Å². The number of nitrogens with one attached hydrogen (secondary N) is 2. The van der Waals surface area contributed by atoms with Gasteiger partial charge in [0.1, 0.15) is 5.75 Å². The predicted octanol–water partition coefficient (Wildman–Crippen LogP) is 4.27. The van der Waals surface area contributed by atoms with Gasteiger partial charge in [0.15, 0.2) is 0 Å². The number of hydrogen-bond donors (Lipinski definition) is 2. The van der Waals surface area contributed by atoms with Gasteiger partial charge in [-0.1, -0.05) is 12.1 Å². The molecule has 4 nitrogen and oxygen atoms in total. The first-order chi connectivity index (χ1) is 12.2. The number of benzene rings is 1. The van der Waals surface area contributed by atoms with Gasteiger partial charge in [0, 0.05) is 11.4 Å². The van der Waals surface area contributed by atoms with Gasteiger partial charge in [-0.15, -0.1) is 23.7 Å². The van der Waals surface area contributed by atoms with E-state index in [2.05, 4.69) is 17.6 Å². The number of aryl methyl sites for hydroxylation is 1. The van der Waals surface area contributed by atoms with Crippen molar-refractivity contribution in [3.05, 3.63) is 40.1 Å². The number of hydrogen-bond acceptors (Lipinski definition) is 4. The Labute approximate surface area is 165 Å². The van der Waals surface area contributed by atoms with E-state index in [4.69, 9.17) is 4.74 Å². The molecule has 1 amide bonds. The van der Waals surface area contributed by atoms with E-state index in [1.807, 2.05) is 30.3 Å². The molecule has 1 saturated heterocycles. The summed E-state index contributed by atoms with van der Waals surface area (Å²) in [4.78, 5) is 14.4. The maximum absolute atomic E-state index is 12.4. The van der Waals surface area contributed by atoms with Crippen LogP contribution in [-0.2, 0) is 0 Å². The molecule has 1 aromatic carbocycles. The van der Waals surface area contributed by atoms with E-state index in [-0.39, 0.29) is 18.3 Å². The molecule has 0 saturated carbocycles. The van der Waals surface area contributed by atoms with Gasteiger partial charge in [-0.3, -0.25) is 4.79 Å². The number of rotatable bonds is 6. The number of halogens is 1. The van der Waals surface area contributed by atoms with Gasteiger partial charge >= 0.3 is 0 Å². The lowest BCUT2D eigenvalue weighted by Gasteiger charge is -2.22. The molecule has 1 fully saturated rings. The standard InChI is InChI=1S/C20H26N2O2S.ClH/c1-14-18(16-5-7-17(24-2)8-6-16)12-19(25-14)20(23)22-11-9-15-4-3-10-21-13-15;/h5-8,12,15,21H,3-4,9-11,13H2,1-2H3,(H,22,23);1H. The highest BCUT2D eigenvalue weighted by atomic mass is 35.5. The minimum absolute atomic E-state index is 0. The van der Waals surface area contributed by atoms with Crippen LogP contribution in [0.4, 0.5) is 0 Å². The highest BCUT2D eigenvalue weighted by molar-refractivity contribution is 7.14. The fraction of sp³-hybridized carbons (Fsp3) is 0.450. The molecular formula is C20H27ClN2O2S. The molecule has 1 unspecified atom stereocenters. The molecule has 0 aliphatic carbocycles. The zero-order chi connectivity index (χ0) is 17.6. The largest absolute Gasteiger partial charge is 0.497 e. The Morgan fingerprint density at radius 2 is 2.12 bits per heavy atom. The van der Waals surface area contributed by atoms with Crippen LogP contribution in [-0.4, -0.2) is 32.7 Å². The summed E-state index contributed by atoms with van der Waals surface area (Å²) in [6.07, 6.45) is 3.56. The molecule has 1 aromatic heterocycles. The predicted molar refractivity (Wildman–Crippen MR) is 111 cm³/mol. The third-order valence-corrected chi connectivity index (χ3v) is 5.83. The molecule has 1 aliphatic rings. The third-order valence-electron chi connectivity index (χ3n) is 4.78. The summed E-state index contributed by atoms with van der Waals surface area (Å²) >= 11 is 1.56. The summed E-state index contributed by atoms with van der Waals surface area (Å²) in [5.74, 6) is 1.57. The van der Waals surface area contributed by atoms with Crippen LogP contribution in [0.5, 0.6) is 5.75 Å². The Morgan fingerprint density at radius 1 is 1.35 bits per heavy atom. The first kappa shape index (κ1) is 20.7. The number of thiophene rings is 1. The molecule has 3 rings (SSSR count). The van der Waals surface area contributed by atoms with E-state index >= 15 is 0 Å². The number of carbonyl (C=O) groups is 1. The Balaban J connectivity index is 0.00000243. The molecule has 2 N–H and O–H groups in total. The van der Waals surface area contributed by atoms with Gasteiger partial charge in [-0.2, -0.15) is 0 Å². The van der Waals surface area contributed by atoms with Gasteiger partial charge in [0.2, 0.25) is 0 Å². The number of ether oxygens (including phenoxy) is 1. The third kappa shape index (κ3) is 5.22. The minimum atomic E-state index is 0. The first-order valence-electron chi connectivity index (χ1n) is 8.91. The summed E-state index contributed by atoms with van der Waals surface area (Å²) in [7, 11) is 1.66. The molecule has 0 bridgehead atoms. The molecule has 1 atom stereocenters. The molecule has 2 heterocycles. The average molecular weight is 395 g/mol. The molecule has 1 aliphatic heterocycles. The van der Waals surface area contributed by atoms with Crippen LogP contribution >= 0.6 is 23.7 Å². The van der Waals surface area contributed by atoms with Crippen molar-refractivity contribution >= 4 is 29.7 Å². The van der Waals surface area contributed by atoms with Gasteiger partial charge in [-0.05, 0) is 74.5 Å². The lowest BCUT2D eigenvalue weighted by molar-refractivity contribution is 0.0954. The maximum atomic E-state index is 12.4. The average Bonchev–Trinajstić information content (AvgIpc) is 3.04. The van der Waals surface area contributed by atoms with Crippen LogP contribution in [0.3, 0.4) is 0 Å². The summed E-state index contributed by atoms with van der Waals surface area (Å²) < 4.78 is 5.21. The van der Waals surface area contributed by atoms with Crippen LogP contribution in [0, 0.1) is 12.8 Å². The zero-order valence-corrected chi connectivity index (χ0v) is 17.0. The smallest absolute Gasteiger partial charge is 0.261 e. The summed E-state index contributed by atoms with van der Waals surface area (Å²) in [5.41, 5.74) is 2.23. The van der Waals surface area contributed by atoms with E-state index in [0.29, 0.717) is 5.92 Å². The number of piperidine rings is 1. The van der Waals surface area contributed by atoms with Crippen LogP contribution in [0.1, 0.15) is 33.8 Å². The number of carbonyl (C=O) groups excluding carboxylic acids is 1. The zero-order valence-electron chi connectivity index (χ0n) is 15.3. The second kappa shape index (κ2) is 9.95. The van der Waals surface area contributed by atoms with Crippen molar-refractivity contribution in [1.29, 1.82) is 0 Å². The van der Waals surface area contributed by atoms with Crippen molar-refractivity contribution in [1.82, 2.24) is 10.6 Å². The van der Waals surface area contributed by atoms with Crippen molar-refractivity contribution < 1.29 is 9.53 Å². The normalized spacial score (nSPS) is 16.6. The number of amides is 1. The molecule has 142 valence electrons. The van der Waals surface area contributed by atoms with Gasteiger partial charge in [0.25, 0.3) is 5.91 Å². The summed E-state index contributed by atoms with van der Waals surface area (Å²) in [6.45, 7) is 5.02.